The molecule has 2 atom stereocenters. The molecule has 0 spiro atoms. The molecular formula is C28H51N3O2. The van der Waals surface area contributed by atoms with Crippen LogP contribution in [0.5, 0.6) is 0 Å². The number of amidine groups is 1. The number of nitrogens with zero attached hydrogens (tertiary/aromatic N) is 2. The fourth-order valence-electron chi connectivity index (χ4n) is 4.64. The van der Waals surface area contributed by atoms with Gasteiger partial charge < -0.3 is 9.90 Å². The molecule has 0 aromatic heterocycles. The second kappa shape index (κ2) is 18.9. The number of carbonyl (C=O) groups is 1. The van der Waals surface area contributed by atoms with Gasteiger partial charge in [0.1, 0.15) is 18.9 Å². The van der Waals surface area contributed by atoms with E-state index in [4.69, 9.17) is 5.73 Å². The zero-order valence-electron chi connectivity index (χ0n) is 21.6. The van der Waals surface area contributed by atoms with Crippen molar-refractivity contribution in [3.05, 3.63) is 24.6 Å². The van der Waals surface area contributed by atoms with Crippen LogP contribution in [0.1, 0.15) is 129 Å². The number of hydrogen-bond donors (Lipinski definition) is 1. The first-order valence-electron chi connectivity index (χ1n) is 13.8. The molecule has 33 heavy (non-hydrogen) atoms. The van der Waals surface area contributed by atoms with E-state index in [0.29, 0.717) is 0 Å². The van der Waals surface area contributed by atoms with Gasteiger partial charge in [-0.15, -0.1) is 0 Å². The summed E-state index contributed by atoms with van der Waals surface area (Å²) in [6, 6.07) is 0. The Hall–Kier alpha value is -1.46. The van der Waals surface area contributed by atoms with Crippen LogP contribution in [0, 0.1) is 0 Å². The van der Waals surface area contributed by atoms with Gasteiger partial charge in [-0.05, 0) is 32.1 Å². The van der Waals surface area contributed by atoms with E-state index < -0.39 is 5.97 Å². The van der Waals surface area contributed by atoms with Crippen molar-refractivity contribution in [1.29, 1.82) is 0 Å². The van der Waals surface area contributed by atoms with Gasteiger partial charge >= 0.3 is 0 Å². The molecule has 0 radical (unpaired) electrons. The van der Waals surface area contributed by atoms with E-state index in [1.54, 1.807) is 12.4 Å². The Morgan fingerprint density at radius 2 is 1.39 bits per heavy atom. The highest BCUT2D eigenvalue weighted by atomic mass is 16.4. The van der Waals surface area contributed by atoms with Gasteiger partial charge in [-0.25, -0.2) is 9.48 Å². The van der Waals surface area contributed by atoms with Crippen LogP contribution in [0.15, 0.2) is 29.5 Å². The lowest BCUT2D eigenvalue weighted by Gasteiger charge is -2.36. The van der Waals surface area contributed by atoms with Gasteiger partial charge in [-0.3, -0.25) is 5.73 Å². The van der Waals surface area contributed by atoms with E-state index in [1.165, 1.54) is 96.3 Å². The van der Waals surface area contributed by atoms with Crippen molar-refractivity contribution < 1.29 is 14.4 Å². The highest BCUT2D eigenvalue weighted by Crippen LogP contribution is 2.23. The highest BCUT2D eigenvalue weighted by molar-refractivity contribution is 5.81. The Bertz CT molecular complexity index is 598. The van der Waals surface area contributed by atoms with Crippen molar-refractivity contribution in [2.45, 2.75) is 136 Å². The fourth-order valence-corrected chi connectivity index (χ4v) is 4.64. The molecule has 190 valence electrons. The number of aliphatic carboxylic acids is 1. The zero-order valence-corrected chi connectivity index (χ0v) is 21.6. The third kappa shape index (κ3) is 13.1. The molecule has 0 fully saturated rings. The molecule has 0 aromatic rings. The molecule has 2 unspecified atom stereocenters. The van der Waals surface area contributed by atoms with Crippen molar-refractivity contribution in [2.24, 2.45) is 10.7 Å². The monoisotopic (exact) mass is 461 g/mol. The second-order valence-electron chi connectivity index (χ2n) is 9.79. The smallest absolute Gasteiger partial charge is 0.209 e. The lowest BCUT2D eigenvalue weighted by atomic mass is 10.0. The maximum atomic E-state index is 11.2. The molecule has 0 saturated carbocycles. The lowest BCUT2D eigenvalue weighted by Crippen LogP contribution is -2.60. The van der Waals surface area contributed by atoms with Crippen LogP contribution in [-0.4, -0.2) is 29.0 Å². The third-order valence-electron chi connectivity index (χ3n) is 6.82. The van der Waals surface area contributed by atoms with Crippen molar-refractivity contribution in [3.63, 3.8) is 0 Å². The largest absolute Gasteiger partial charge is 0.544 e. The van der Waals surface area contributed by atoms with Crippen LogP contribution < -0.4 is 10.8 Å². The number of hydrogen-bond acceptors (Lipinski definition) is 4. The molecular weight excluding hydrogens is 410 g/mol. The minimum absolute atomic E-state index is 0.109. The Morgan fingerprint density at radius 3 is 1.88 bits per heavy atom. The quantitative estimate of drug-likeness (QED) is 0.116. The summed E-state index contributed by atoms with van der Waals surface area (Å²) < 4.78 is 0.109. The average Bonchev–Trinajstić information content (AvgIpc) is 3.18. The Labute approximate surface area is 203 Å². The third-order valence-corrected chi connectivity index (χ3v) is 6.82. The van der Waals surface area contributed by atoms with Crippen molar-refractivity contribution in [1.82, 2.24) is 0 Å². The molecule has 0 aromatic carbocycles. The molecule has 5 heteroatoms. The maximum absolute atomic E-state index is 11.2. The molecule has 2 N–H and O–H groups in total. The van der Waals surface area contributed by atoms with Gasteiger partial charge in [-0.2, -0.15) is 0 Å². The molecule has 5 nitrogen and oxygen atoms in total. The van der Waals surface area contributed by atoms with Crippen LogP contribution in [0.3, 0.4) is 0 Å². The van der Waals surface area contributed by atoms with Crippen LogP contribution in [0.4, 0.5) is 0 Å². The minimum atomic E-state index is -1.09. The van der Waals surface area contributed by atoms with E-state index in [9.17, 15) is 9.90 Å². The van der Waals surface area contributed by atoms with Crippen LogP contribution in [0.2, 0.25) is 0 Å². The molecule has 0 amide bonds. The number of carboxylic acids is 1. The van der Waals surface area contributed by atoms with Gasteiger partial charge in [-0.1, -0.05) is 96.1 Å². The number of rotatable bonds is 22. The van der Waals surface area contributed by atoms with Gasteiger partial charge in [0, 0.05) is 13.3 Å². The Kier molecular flexibility index (Phi) is 16.9. The zero-order chi connectivity index (χ0) is 24.2. The lowest BCUT2D eigenvalue weighted by molar-refractivity contribution is -0.808. The summed E-state index contributed by atoms with van der Waals surface area (Å²) >= 11 is 0. The number of carbonyl (C=O) groups excluding carboxylic acids is 1. The number of nitrogens with two attached hydrogens (primary N) is 1. The predicted octanol–water partition coefficient (Wildman–Crippen LogP) is 6.34. The standard InChI is InChI=1S/C28H51N3O2/c1-3-4-5-6-7-8-9-10-11-12-13-14-15-16-17-18-19-20-21-22-27-30-23-24-31(27,26(2)29)25-28(32)33/h7-8,23-24,26H,3-6,9-22,25,29H2,1-2H3/b8-7+. The summed E-state index contributed by atoms with van der Waals surface area (Å²) in [5.74, 6) is -0.228. The number of quaternary nitrogens is 1. The molecule has 1 aliphatic heterocycles. The molecule has 0 bridgehead atoms. The highest BCUT2D eigenvalue weighted by Gasteiger charge is 2.38. The van der Waals surface area contributed by atoms with Gasteiger partial charge in [0.2, 0.25) is 5.84 Å². The molecule has 0 aliphatic carbocycles. The van der Waals surface area contributed by atoms with E-state index in [2.05, 4.69) is 24.1 Å². The summed E-state index contributed by atoms with van der Waals surface area (Å²) in [5, 5.41) is 11.2. The number of aliphatic imine (C=N–C) groups is 1. The SMILES string of the molecule is CCCCC/C=C/CCCCCCCCCCCCCCC1=NC=C[N+]1(CC(=O)[O-])C(C)N. The summed E-state index contributed by atoms with van der Waals surface area (Å²) in [7, 11) is 0. The normalized spacial score (nSPS) is 18.8. The molecule has 0 saturated heterocycles. The van der Waals surface area contributed by atoms with Gasteiger partial charge in [0.05, 0.1) is 12.2 Å². The maximum Gasteiger partial charge on any atom is 0.209 e. The fraction of sp³-hybridized carbons (Fsp3) is 0.786. The van der Waals surface area contributed by atoms with Gasteiger partial charge in [0.15, 0.2) is 0 Å². The topological polar surface area (TPSA) is 78.5 Å². The average molecular weight is 462 g/mol. The summed E-state index contributed by atoms with van der Waals surface area (Å²) in [6.07, 6.45) is 30.9. The minimum Gasteiger partial charge on any atom is -0.544 e. The van der Waals surface area contributed by atoms with Crippen molar-refractivity contribution in [3.8, 4) is 0 Å². The number of allylic oxidation sites excluding steroid dienone is 2. The van der Waals surface area contributed by atoms with Crippen molar-refractivity contribution in [2.75, 3.05) is 6.54 Å². The van der Waals surface area contributed by atoms with Crippen LogP contribution >= 0.6 is 0 Å². The summed E-state index contributed by atoms with van der Waals surface area (Å²) in [5.41, 5.74) is 6.09. The van der Waals surface area contributed by atoms with E-state index >= 15 is 0 Å². The summed E-state index contributed by atoms with van der Waals surface area (Å²) in [6.45, 7) is 3.96. The van der Waals surface area contributed by atoms with E-state index in [1.807, 2.05) is 6.92 Å². The molecule has 1 rings (SSSR count). The van der Waals surface area contributed by atoms with E-state index in [-0.39, 0.29) is 17.2 Å². The van der Waals surface area contributed by atoms with E-state index in [0.717, 1.165) is 25.1 Å². The second-order valence-corrected chi connectivity index (χ2v) is 9.79. The van der Waals surface area contributed by atoms with Gasteiger partial charge in [0.25, 0.3) is 0 Å². The molecule has 1 heterocycles. The molecule has 1 aliphatic rings. The Morgan fingerprint density at radius 1 is 0.909 bits per heavy atom. The van der Waals surface area contributed by atoms with Crippen LogP contribution in [0.25, 0.3) is 0 Å². The summed E-state index contributed by atoms with van der Waals surface area (Å²) in [4.78, 5) is 15.6. The number of unbranched alkanes of at least 4 members (excludes halogenated alkanes) is 15. The van der Waals surface area contributed by atoms with Crippen LogP contribution in [-0.2, 0) is 4.79 Å². The first-order chi connectivity index (χ1) is 16.0. The first-order valence-corrected chi connectivity index (χ1v) is 13.8. The first kappa shape index (κ1) is 29.6. The predicted molar refractivity (Wildman–Crippen MR) is 138 cm³/mol. The number of carboxylic acid groups (broad SMARTS) is 1. The van der Waals surface area contributed by atoms with Crippen molar-refractivity contribution >= 4 is 11.8 Å². The Balaban J connectivity index is 1.92.